The molecular weight excluding hydrogens is 217 g/mol. The Kier molecular flexibility index (Phi) is 3.42. The van der Waals surface area contributed by atoms with Crippen LogP contribution in [0, 0.1) is 0 Å². The Labute approximate surface area is 84.7 Å². The number of hydrogen-bond acceptors (Lipinski definition) is 1. The minimum atomic E-state index is -4.38. The van der Waals surface area contributed by atoms with Gasteiger partial charge in [0.05, 0.1) is 12.1 Å². The molecule has 14 heavy (non-hydrogen) atoms. The van der Waals surface area contributed by atoms with Crippen LogP contribution in [0.4, 0.5) is 13.2 Å². The van der Waals surface area contributed by atoms with Gasteiger partial charge in [-0.05, 0) is 6.42 Å². The summed E-state index contributed by atoms with van der Waals surface area (Å²) in [4.78, 5) is 0. The molecule has 6 heteroatoms. The zero-order valence-electron chi connectivity index (χ0n) is 7.60. The maximum atomic E-state index is 12.5. The van der Waals surface area contributed by atoms with E-state index in [4.69, 9.17) is 11.6 Å². The molecule has 0 atom stereocenters. The van der Waals surface area contributed by atoms with Gasteiger partial charge < -0.3 is 0 Å². The van der Waals surface area contributed by atoms with Crippen LogP contribution >= 0.6 is 11.6 Å². The van der Waals surface area contributed by atoms with Crippen LogP contribution in [0.3, 0.4) is 0 Å². The van der Waals surface area contributed by atoms with E-state index in [1.54, 1.807) is 6.92 Å². The molecule has 0 aromatic carbocycles. The van der Waals surface area contributed by atoms with E-state index in [-0.39, 0.29) is 18.0 Å². The molecule has 0 unspecified atom stereocenters. The molecule has 1 aromatic heterocycles. The van der Waals surface area contributed by atoms with Crippen molar-refractivity contribution in [2.24, 2.45) is 0 Å². The number of halogens is 4. The Hall–Kier alpha value is -0.710. The molecule has 1 aromatic rings. The van der Waals surface area contributed by atoms with Gasteiger partial charge in [0.25, 0.3) is 0 Å². The van der Waals surface area contributed by atoms with Crippen LogP contribution in [0.5, 0.6) is 0 Å². The topological polar surface area (TPSA) is 17.8 Å². The van der Waals surface area contributed by atoms with Crippen LogP contribution in [-0.4, -0.2) is 9.78 Å². The molecule has 1 heterocycles. The molecule has 0 aliphatic rings. The normalized spacial score (nSPS) is 12.1. The standard InChI is InChI=1S/C8H10ClF3N2/c1-2-3-14-7(8(10,11)12)6(4-9)5-13-14/h5H,2-4H2,1H3. The molecule has 0 aliphatic heterocycles. The summed E-state index contributed by atoms with van der Waals surface area (Å²) in [5, 5.41) is 3.66. The molecule has 0 saturated heterocycles. The predicted molar refractivity (Wildman–Crippen MR) is 47.1 cm³/mol. The highest BCUT2D eigenvalue weighted by Gasteiger charge is 2.37. The van der Waals surface area contributed by atoms with Crippen LogP contribution < -0.4 is 0 Å². The fourth-order valence-corrected chi connectivity index (χ4v) is 1.43. The largest absolute Gasteiger partial charge is 0.433 e. The van der Waals surface area contributed by atoms with Crippen molar-refractivity contribution in [3.8, 4) is 0 Å². The van der Waals surface area contributed by atoms with Crippen LogP contribution in [0.2, 0.25) is 0 Å². The molecule has 0 N–H and O–H groups in total. The highest BCUT2D eigenvalue weighted by Crippen LogP contribution is 2.32. The van der Waals surface area contributed by atoms with E-state index in [0.717, 1.165) is 4.68 Å². The highest BCUT2D eigenvalue weighted by atomic mass is 35.5. The molecule has 0 aliphatic carbocycles. The quantitative estimate of drug-likeness (QED) is 0.725. The summed E-state index contributed by atoms with van der Waals surface area (Å²) in [5.41, 5.74) is -0.693. The summed E-state index contributed by atoms with van der Waals surface area (Å²) in [7, 11) is 0. The minimum absolute atomic E-state index is 0.0348. The Morgan fingerprint density at radius 2 is 2.14 bits per heavy atom. The van der Waals surface area contributed by atoms with Crippen molar-refractivity contribution in [1.82, 2.24) is 9.78 Å². The predicted octanol–water partition coefficient (Wildman–Crippen LogP) is 3.05. The van der Waals surface area contributed by atoms with Crippen molar-refractivity contribution in [2.45, 2.75) is 31.9 Å². The summed E-state index contributed by atoms with van der Waals surface area (Å²) in [6.07, 6.45) is -2.60. The summed E-state index contributed by atoms with van der Waals surface area (Å²) < 4.78 is 38.6. The second kappa shape index (κ2) is 4.21. The molecule has 0 amide bonds. The molecule has 2 nitrogen and oxygen atoms in total. The zero-order chi connectivity index (χ0) is 10.8. The third-order valence-electron chi connectivity index (χ3n) is 1.76. The van der Waals surface area contributed by atoms with Gasteiger partial charge in [0.15, 0.2) is 0 Å². The van der Waals surface area contributed by atoms with Crippen LogP contribution in [-0.2, 0) is 18.6 Å². The van der Waals surface area contributed by atoms with Crippen molar-refractivity contribution in [2.75, 3.05) is 0 Å². The van der Waals surface area contributed by atoms with Gasteiger partial charge in [0.1, 0.15) is 5.69 Å². The molecule has 0 radical (unpaired) electrons. The third kappa shape index (κ3) is 2.20. The van der Waals surface area contributed by atoms with Crippen LogP contribution in [0.15, 0.2) is 6.20 Å². The summed E-state index contributed by atoms with van der Waals surface area (Å²) >= 11 is 5.40. The first-order valence-electron chi connectivity index (χ1n) is 4.18. The first kappa shape index (κ1) is 11.4. The SMILES string of the molecule is CCCn1ncc(CCl)c1C(F)(F)F. The van der Waals surface area contributed by atoms with Gasteiger partial charge in [-0.2, -0.15) is 18.3 Å². The van der Waals surface area contributed by atoms with Gasteiger partial charge in [-0.1, -0.05) is 6.92 Å². The minimum Gasteiger partial charge on any atom is -0.260 e. The number of alkyl halides is 4. The van der Waals surface area contributed by atoms with Crippen LogP contribution in [0.1, 0.15) is 24.6 Å². The van der Waals surface area contributed by atoms with Crippen molar-refractivity contribution in [1.29, 1.82) is 0 Å². The number of aromatic nitrogens is 2. The molecule has 1 rings (SSSR count). The fourth-order valence-electron chi connectivity index (χ4n) is 1.23. The van der Waals surface area contributed by atoms with Gasteiger partial charge >= 0.3 is 6.18 Å². The van der Waals surface area contributed by atoms with Gasteiger partial charge in [-0.3, -0.25) is 4.68 Å². The smallest absolute Gasteiger partial charge is 0.260 e. The molecule has 0 saturated carbocycles. The van der Waals surface area contributed by atoms with E-state index >= 15 is 0 Å². The lowest BCUT2D eigenvalue weighted by molar-refractivity contribution is -0.144. The Morgan fingerprint density at radius 3 is 2.57 bits per heavy atom. The Balaban J connectivity index is 3.13. The first-order valence-corrected chi connectivity index (χ1v) is 4.72. The fraction of sp³-hybridized carbons (Fsp3) is 0.625. The van der Waals surface area contributed by atoms with E-state index in [1.165, 1.54) is 6.20 Å². The third-order valence-corrected chi connectivity index (χ3v) is 2.05. The van der Waals surface area contributed by atoms with Gasteiger partial charge in [0, 0.05) is 12.1 Å². The van der Waals surface area contributed by atoms with Crippen LogP contribution in [0.25, 0.3) is 0 Å². The summed E-state index contributed by atoms with van der Waals surface area (Å²) in [6.45, 7) is 2.05. The number of rotatable bonds is 3. The number of aryl methyl sites for hydroxylation is 1. The van der Waals surface area contributed by atoms with E-state index in [2.05, 4.69) is 5.10 Å². The van der Waals surface area contributed by atoms with Gasteiger partial charge in [0.2, 0.25) is 0 Å². The summed E-state index contributed by atoms with van der Waals surface area (Å²) in [5.74, 6) is -0.168. The van der Waals surface area contributed by atoms with Gasteiger partial charge in [-0.15, -0.1) is 11.6 Å². The van der Waals surface area contributed by atoms with Crippen molar-refractivity contribution >= 4 is 11.6 Å². The lowest BCUT2D eigenvalue weighted by Crippen LogP contribution is -2.16. The average molecular weight is 227 g/mol. The van der Waals surface area contributed by atoms with E-state index < -0.39 is 11.9 Å². The lowest BCUT2D eigenvalue weighted by Gasteiger charge is -2.10. The second-order valence-electron chi connectivity index (χ2n) is 2.87. The molecule has 0 spiro atoms. The monoisotopic (exact) mass is 226 g/mol. The Morgan fingerprint density at radius 1 is 1.50 bits per heavy atom. The maximum absolute atomic E-state index is 12.5. The summed E-state index contributed by atoms with van der Waals surface area (Å²) in [6, 6.07) is 0. The highest BCUT2D eigenvalue weighted by molar-refractivity contribution is 6.17. The number of hydrogen-bond donors (Lipinski definition) is 0. The van der Waals surface area contributed by atoms with E-state index in [1.807, 2.05) is 0 Å². The molecule has 0 fully saturated rings. The van der Waals surface area contributed by atoms with Gasteiger partial charge in [-0.25, -0.2) is 0 Å². The second-order valence-corrected chi connectivity index (χ2v) is 3.14. The zero-order valence-corrected chi connectivity index (χ0v) is 8.36. The van der Waals surface area contributed by atoms with Crippen molar-refractivity contribution < 1.29 is 13.2 Å². The van der Waals surface area contributed by atoms with E-state index in [0.29, 0.717) is 6.42 Å². The van der Waals surface area contributed by atoms with Crippen molar-refractivity contribution in [3.63, 3.8) is 0 Å². The average Bonchev–Trinajstić information content (AvgIpc) is 2.47. The molecule has 80 valence electrons. The first-order chi connectivity index (χ1) is 6.50. The molecule has 0 bridgehead atoms. The Bertz CT molecular complexity index is 306. The lowest BCUT2D eigenvalue weighted by atomic mass is 10.2. The molecular formula is C8H10ClF3N2. The van der Waals surface area contributed by atoms with E-state index in [9.17, 15) is 13.2 Å². The number of nitrogens with zero attached hydrogens (tertiary/aromatic N) is 2. The maximum Gasteiger partial charge on any atom is 0.433 e. The van der Waals surface area contributed by atoms with Crippen molar-refractivity contribution in [3.05, 3.63) is 17.5 Å².